The van der Waals surface area contributed by atoms with Crippen molar-refractivity contribution in [3.05, 3.63) is 33.1 Å². The maximum atomic E-state index is 5.36. The summed E-state index contributed by atoms with van der Waals surface area (Å²) in [5, 5.41) is 5.90. The number of fused-ring (bicyclic) bond motifs is 1. The van der Waals surface area contributed by atoms with Crippen LogP contribution in [0.5, 0.6) is 0 Å². The van der Waals surface area contributed by atoms with Gasteiger partial charge in [-0.25, -0.2) is 0 Å². The van der Waals surface area contributed by atoms with Crippen LogP contribution in [0.2, 0.25) is 0 Å². The Morgan fingerprint density at radius 3 is 2.82 bits per heavy atom. The molecule has 0 spiro atoms. The molecule has 0 aliphatic heterocycles. The Balaban J connectivity index is 2.58. The van der Waals surface area contributed by atoms with Gasteiger partial charge in [-0.2, -0.15) is 0 Å². The van der Waals surface area contributed by atoms with Gasteiger partial charge in [-0.05, 0) is 29.6 Å². The van der Waals surface area contributed by atoms with Gasteiger partial charge in [0.05, 0.1) is 6.61 Å². The van der Waals surface area contributed by atoms with Crippen LogP contribution in [0.1, 0.15) is 6.92 Å². The molecule has 0 saturated carbocycles. The zero-order valence-electron chi connectivity index (χ0n) is 10.5. The minimum atomic E-state index is -0.00269. The molecular formula is C14H18BrNO. The van der Waals surface area contributed by atoms with E-state index in [1.807, 2.05) is 7.05 Å². The van der Waals surface area contributed by atoms with Crippen LogP contribution in [0.25, 0.3) is 12.2 Å². The zero-order chi connectivity index (χ0) is 12.5. The molecule has 0 saturated heterocycles. The standard InChI is InChI=1S/C14H18BrNO/c1-14(9-17-3)8-11-6-12(15)5-4-10(11)7-13(14)16-2/h4-8,13,16H,9H2,1-3H3. The lowest BCUT2D eigenvalue weighted by Crippen LogP contribution is -2.49. The van der Waals surface area contributed by atoms with Crippen LogP contribution in [0.15, 0.2) is 22.7 Å². The molecule has 0 fully saturated rings. The van der Waals surface area contributed by atoms with Gasteiger partial charge in [-0.1, -0.05) is 41.1 Å². The van der Waals surface area contributed by atoms with Crippen LogP contribution < -0.4 is 15.8 Å². The van der Waals surface area contributed by atoms with Gasteiger partial charge in [0.15, 0.2) is 0 Å². The molecule has 1 aromatic rings. The van der Waals surface area contributed by atoms with E-state index in [2.05, 4.69) is 58.5 Å². The van der Waals surface area contributed by atoms with Gasteiger partial charge in [0, 0.05) is 23.0 Å². The lowest BCUT2D eigenvalue weighted by atomic mass is 9.79. The van der Waals surface area contributed by atoms with Crippen LogP contribution >= 0.6 is 15.9 Å². The van der Waals surface area contributed by atoms with Crippen LogP contribution in [-0.2, 0) is 4.74 Å². The van der Waals surface area contributed by atoms with Gasteiger partial charge < -0.3 is 10.1 Å². The highest BCUT2D eigenvalue weighted by Crippen LogP contribution is 2.26. The van der Waals surface area contributed by atoms with Gasteiger partial charge in [-0.3, -0.25) is 0 Å². The predicted octanol–water partition coefficient (Wildman–Crippen LogP) is 1.26. The van der Waals surface area contributed by atoms with Crippen LogP contribution in [0, 0.1) is 5.41 Å². The number of rotatable bonds is 3. The van der Waals surface area contributed by atoms with E-state index in [1.54, 1.807) is 7.11 Å². The van der Waals surface area contributed by atoms with E-state index >= 15 is 0 Å². The van der Waals surface area contributed by atoms with Crippen molar-refractivity contribution in [1.82, 2.24) is 5.32 Å². The Kier molecular flexibility index (Phi) is 3.71. The van der Waals surface area contributed by atoms with Crippen LogP contribution in [-0.4, -0.2) is 26.8 Å². The molecule has 2 rings (SSSR count). The first-order valence-electron chi connectivity index (χ1n) is 5.75. The quantitative estimate of drug-likeness (QED) is 0.907. The van der Waals surface area contributed by atoms with Crippen molar-refractivity contribution >= 4 is 28.1 Å². The molecule has 17 heavy (non-hydrogen) atoms. The molecule has 0 radical (unpaired) electrons. The largest absolute Gasteiger partial charge is 0.384 e. The number of ether oxygens (including phenoxy) is 1. The Bertz CT molecular complexity index is 526. The van der Waals surface area contributed by atoms with Crippen molar-refractivity contribution < 1.29 is 4.74 Å². The third-order valence-corrected chi connectivity index (χ3v) is 3.85. The first kappa shape index (κ1) is 12.8. The maximum Gasteiger partial charge on any atom is 0.0569 e. The van der Waals surface area contributed by atoms with Gasteiger partial charge in [0.2, 0.25) is 0 Å². The fraction of sp³-hybridized carbons (Fsp3) is 0.429. The Morgan fingerprint density at radius 1 is 1.41 bits per heavy atom. The molecule has 92 valence electrons. The second-order valence-corrected chi connectivity index (χ2v) is 5.71. The van der Waals surface area contributed by atoms with Gasteiger partial charge in [0.25, 0.3) is 0 Å². The summed E-state index contributed by atoms with van der Waals surface area (Å²) in [6, 6.07) is 6.68. The van der Waals surface area contributed by atoms with Gasteiger partial charge >= 0.3 is 0 Å². The third-order valence-electron chi connectivity index (χ3n) is 3.36. The molecule has 2 nitrogen and oxygen atoms in total. The second kappa shape index (κ2) is 4.92. The van der Waals surface area contributed by atoms with E-state index in [0.29, 0.717) is 12.6 Å². The molecule has 1 aliphatic carbocycles. The first-order chi connectivity index (χ1) is 8.09. The summed E-state index contributed by atoms with van der Waals surface area (Å²) >= 11 is 3.52. The number of hydrogen-bond donors (Lipinski definition) is 1. The number of halogens is 1. The summed E-state index contributed by atoms with van der Waals surface area (Å²) in [6.07, 6.45) is 4.58. The van der Waals surface area contributed by atoms with E-state index < -0.39 is 0 Å². The maximum absolute atomic E-state index is 5.36. The van der Waals surface area contributed by atoms with E-state index in [4.69, 9.17) is 4.74 Å². The lowest BCUT2D eigenvalue weighted by Gasteiger charge is -2.34. The number of methoxy groups -OCH3 is 1. The van der Waals surface area contributed by atoms with Crippen molar-refractivity contribution in [3.63, 3.8) is 0 Å². The topological polar surface area (TPSA) is 21.3 Å². The predicted molar refractivity (Wildman–Crippen MR) is 75.2 cm³/mol. The van der Waals surface area contributed by atoms with E-state index in [9.17, 15) is 0 Å². The van der Waals surface area contributed by atoms with Crippen molar-refractivity contribution in [2.75, 3.05) is 20.8 Å². The molecule has 1 aromatic carbocycles. The van der Waals surface area contributed by atoms with Crippen LogP contribution in [0.4, 0.5) is 0 Å². The Labute approximate surface area is 110 Å². The zero-order valence-corrected chi connectivity index (χ0v) is 12.0. The number of nitrogens with one attached hydrogen (secondary N) is 1. The minimum Gasteiger partial charge on any atom is -0.384 e. The highest BCUT2D eigenvalue weighted by molar-refractivity contribution is 9.10. The molecule has 2 atom stereocenters. The van der Waals surface area contributed by atoms with Crippen molar-refractivity contribution in [1.29, 1.82) is 0 Å². The molecular weight excluding hydrogens is 278 g/mol. The van der Waals surface area contributed by atoms with Gasteiger partial charge in [-0.15, -0.1) is 0 Å². The second-order valence-electron chi connectivity index (χ2n) is 4.79. The fourth-order valence-electron chi connectivity index (χ4n) is 2.49. The highest BCUT2D eigenvalue weighted by atomic mass is 79.9. The summed E-state index contributed by atoms with van der Waals surface area (Å²) in [5.74, 6) is 0. The molecule has 2 unspecified atom stereocenters. The van der Waals surface area contributed by atoms with E-state index in [1.165, 1.54) is 10.4 Å². The number of hydrogen-bond acceptors (Lipinski definition) is 2. The van der Waals surface area contributed by atoms with E-state index in [-0.39, 0.29) is 5.41 Å². The smallest absolute Gasteiger partial charge is 0.0569 e. The minimum absolute atomic E-state index is 0.00269. The molecule has 0 amide bonds. The molecule has 1 N–H and O–H groups in total. The summed E-state index contributed by atoms with van der Waals surface area (Å²) in [7, 11) is 3.75. The Morgan fingerprint density at radius 2 is 2.18 bits per heavy atom. The normalized spacial score (nSPS) is 26.9. The molecule has 0 bridgehead atoms. The third kappa shape index (κ3) is 2.46. The average Bonchev–Trinajstić information content (AvgIpc) is 2.28. The molecule has 0 aromatic heterocycles. The van der Waals surface area contributed by atoms with Crippen molar-refractivity contribution in [2.24, 2.45) is 5.41 Å². The molecule has 1 aliphatic rings. The van der Waals surface area contributed by atoms with Gasteiger partial charge in [0.1, 0.15) is 0 Å². The highest BCUT2D eigenvalue weighted by Gasteiger charge is 2.31. The summed E-state index contributed by atoms with van der Waals surface area (Å²) in [5.41, 5.74) is -0.00269. The summed E-state index contributed by atoms with van der Waals surface area (Å²) < 4.78 is 6.47. The fourth-order valence-corrected chi connectivity index (χ4v) is 2.87. The molecule has 3 heteroatoms. The SMILES string of the molecule is CNC1C=c2ccc(Br)cc2=CC1(C)COC. The average molecular weight is 296 g/mol. The summed E-state index contributed by atoms with van der Waals surface area (Å²) in [4.78, 5) is 0. The number of benzene rings is 1. The molecule has 0 heterocycles. The monoisotopic (exact) mass is 295 g/mol. The van der Waals surface area contributed by atoms with Crippen molar-refractivity contribution in [2.45, 2.75) is 13.0 Å². The Hall–Kier alpha value is -0.640. The van der Waals surface area contributed by atoms with E-state index in [0.717, 1.165) is 4.47 Å². The summed E-state index contributed by atoms with van der Waals surface area (Å²) in [6.45, 7) is 2.93. The van der Waals surface area contributed by atoms with Crippen LogP contribution in [0.3, 0.4) is 0 Å². The van der Waals surface area contributed by atoms with Crippen molar-refractivity contribution in [3.8, 4) is 0 Å². The lowest BCUT2D eigenvalue weighted by molar-refractivity contribution is 0.119. The first-order valence-corrected chi connectivity index (χ1v) is 6.55.